The third-order valence-corrected chi connectivity index (χ3v) is 11.0. The maximum Gasteiger partial charge on any atom is 0.132 e. The van der Waals surface area contributed by atoms with Crippen molar-refractivity contribution in [2.75, 3.05) is 39.3 Å². The third kappa shape index (κ3) is 50.1. The van der Waals surface area contributed by atoms with Crippen LogP contribution in [0, 0.1) is 5.92 Å². The summed E-state index contributed by atoms with van der Waals surface area (Å²) in [4.78, 5) is 17.2. The zero-order valence-corrected chi connectivity index (χ0v) is 43.8. The summed E-state index contributed by atoms with van der Waals surface area (Å²) in [6, 6.07) is 0. The van der Waals surface area contributed by atoms with Crippen molar-refractivity contribution in [1.82, 2.24) is 9.80 Å². The molecule has 1 fully saturated rings. The Labute approximate surface area is 379 Å². The summed E-state index contributed by atoms with van der Waals surface area (Å²) in [6.07, 6.45) is 37.6. The van der Waals surface area contributed by atoms with Crippen LogP contribution in [0.1, 0.15) is 233 Å². The molecule has 0 N–H and O–H groups in total. The molecule has 1 saturated heterocycles. The van der Waals surface area contributed by atoms with Crippen molar-refractivity contribution in [3.05, 3.63) is 82.5 Å². The van der Waals surface area contributed by atoms with Crippen LogP contribution in [-0.4, -0.2) is 54.9 Å². The lowest BCUT2D eigenvalue weighted by Crippen LogP contribution is -2.46. The summed E-state index contributed by atoms with van der Waals surface area (Å²) in [6.45, 7) is 45.9. The number of unbranched alkanes of at least 4 members (excludes halogenated alkanes) is 3. The fourth-order valence-corrected chi connectivity index (χ4v) is 6.15. The minimum atomic E-state index is 0.451. The van der Waals surface area contributed by atoms with Gasteiger partial charge in [0.25, 0.3) is 0 Å². The first-order valence-corrected chi connectivity index (χ1v) is 25.2. The zero-order chi connectivity index (χ0) is 46.4. The Hall–Kier alpha value is -2.23. The summed E-state index contributed by atoms with van der Waals surface area (Å²) in [5.41, 5.74) is 8.70. The van der Waals surface area contributed by atoms with Crippen LogP contribution in [-0.2, 0) is 4.79 Å². The average Bonchev–Trinajstić information content (AvgIpc) is 3.24. The number of nitrogens with zero attached hydrogens (tertiary/aromatic N) is 2. The Kier molecular flexibility index (Phi) is 53.0. The fourth-order valence-electron chi connectivity index (χ4n) is 6.15. The van der Waals surface area contributed by atoms with Crippen LogP contribution in [0.5, 0.6) is 0 Å². The molecule has 3 nitrogen and oxygen atoms in total. The van der Waals surface area contributed by atoms with E-state index in [0.717, 1.165) is 51.5 Å². The van der Waals surface area contributed by atoms with Crippen molar-refractivity contribution in [1.29, 1.82) is 0 Å². The maximum atomic E-state index is 12.0. The molecule has 1 aliphatic heterocycles. The van der Waals surface area contributed by atoms with Crippen LogP contribution in [0.15, 0.2) is 82.5 Å². The molecule has 0 radical (unpaired) electrons. The molecule has 0 aliphatic carbocycles. The zero-order valence-electron chi connectivity index (χ0n) is 43.8. The largest absolute Gasteiger partial charge is 0.301 e. The topological polar surface area (TPSA) is 23.6 Å². The third-order valence-electron chi connectivity index (χ3n) is 11.0. The standard InChI is InChI=1S/C29H52N2O.C12H22.C10H18.C4H10.C2H6/c1-6-8-9-10-16-27(4)28(5)17-14-21-31-24-22-30(23-25-31)20-12-11-18-29(32)19-13-15-26(3)7-2;1-5-6-9-12(4)10-7-8-11(2)3;1-5-10(4)8-6-7-9(2)3;1-3-4-2;1-2/h7-9,27H,5-6,10-25H2,1-4H3;8-9H,5-7,10H2,1-4H3;5,7H,6,8H2,1-4H3;3-4H2,1-2H3;1-2H3/b9-8-,26-7-;12-9+;10-5+;;. The van der Waals surface area contributed by atoms with Gasteiger partial charge in [-0.2, -0.15) is 0 Å². The minimum absolute atomic E-state index is 0.451. The molecule has 0 saturated carbocycles. The van der Waals surface area contributed by atoms with Crippen LogP contribution >= 0.6 is 0 Å². The number of Topliss-reactive ketones (excluding diaryl/α,β-unsaturated/α-hetero) is 1. The normalized spacial score (nSPS) is 14.0. The highest BCUT2D eigenvalue weighted by atomic mass is 16.1. The molecule has 1 heterocycles. The van der Waals surface area contributed by atoms with Gasteiger partial charge in [0, 0.05) is 39.0 Å². The number of rotatable bonds is 27. The molecule has 0 aromatic heterocycles. The quantitative estimate of drug-likeness (QED) is 0.0608. The minimum Gasteiger partial charge on any atom is -0.301 e. The van der Waals surface area contributed by atoms with Crippen molar-refractivity contribution < 1.29 is 4.79 Å². The predicted octanol–water partition coefficient (Wildman–Crippen LogP) is 18.2. The number of carbonyl (C=O) groups excluding carboxylic acids is 1. The first-order chi connectivity index (χ1) is 28.7. The second kappa shape index (κ2) is 49.4. The number of allylic oxidation sites excluding steroid dienone is 13. The molecule has 1 aliphatic rings. The van der Waals surface area contributed by atoms with E-state index in [2.05, 4.69) is 156 Å². The molecule has 1 rings (SSSR count). The lowest BCUT2D eigenvalue weighted by molar-refractivity contribution is -0.119. The number of hydrogen-bond donors (Lipinski definition) is 0. The molecule has 1 unspecified atom stereocenters. The van der Waals surface area contributed by atoms with Gasteiger partial charge >= 0.3 is 0 Å². The molecule has 0 amide bonds. The summed E-state index contributed by atoms with van der Waals surface area (Å²) in [5.74, 6) is 1.09. The van der Waals surface area contributed by atoms with E-state index in [1.807, 2.05) is 13.8 Å². The number of piperazine rings is 1. The van der Waals surface area contributed by atoms with E-state index >= 15 is 0 Å². The second-order valence-corrected chi connectivity index (χ2v) is 17.4. The number of hydrogen-bond acceptors (Lipinski definition) is 3. The van der Waals surface area contributed by atoms with Crippen LogP contribution in [0.2, 0.25) is 0 Å². The van der Waals surface area contributed by atoms with Gasteiger partial charge in [-0.1, -0.05) is 150 Å². The van der Waals surface area contributed by atoms with E-state index in [1.54, 1.807) is 0 Å². The lowest BCUT2D eigenvalue weighted by Gasteiger charge is -2.34. The van der Waals surface area contributed by atoms with Crippen molar-refractivity contribution >= 4 is 5.78 Å². The van der Waals surface area contributed by atoms with Gasteiger partial charge in [0.05, 0.1) is 0 Å². The van der Waals surface area contributed by atoms with Gasteiger partial charge in [-0.3, -0.25) is 4.79 Å². The fraction of sp³-hybridized carbons (Fsp3) is 0.737. The molecule has 0 aromatic rings. The highest BCUT2D eigenvalue weighted by molar-refractivity contribution is 5.78. The average molecular weight is 838 g/mol. The van der Waals surface area contributed by atoms with E-state index in [1.165, 1.54) is 143 Å². The monoisotopic (exact) mass is 837 g/mol. The summed E-state index contributed by atoms with van der Waals surface area (Å²) < 4.78 is 0. The smallest absolute Gasteiger partial charge is 0.132 e. The second-order valence-electron chi connectivity index (χ2n) is 17.4. The van der Waals surface area contributed by atoms with Crippen molar-refractivity contribution in [2.24, 2.45) is 5.92 Å². The SMILES string of the molecule is C/C=C(\C)CCC=C(C)C.C=C(CCCN1CCN(CCCCC(=O)CCC/C(C)=C\C)CC1)C(C)CC/C=C\CC.CC.CCC/C=C(\C)CCC=C(C)C.CCCC. The Morgan fingerprint density at radius 2 is 1.03 bits per heavy atom. The lowest BCUT2D eigenvalue weighted by atomic mass is 9.93. The van der Waals surface area contributed by atoms with Crippen LogP contribution < -0.4 is 0 Å². The van der Waals surface area contributed by atoms with Gasteiger partial charge in [-0.05, 0) is 171 Å². The van der Waals surface area contributed by atoms with E-state index < -0.39 is 0 Å². The van der Waals surface area contributed by atoms with Gasteiger partial charge in [0.15, 0.2) is 0 Å². The van der Waals surface area contributed by atoms with Crippen LogP contribution in [0.4, 0.5) is 0 Å². The first kappa shape index (κ1) is 64.4. The molecule has 1 atom stereocenters. The molecule has 60 heavy (non-hydrogen) atoms. The number of ketones is 1. The maximum absolute atomic E-state index is 12.0. The van der Waals surface area contributed by atoms with Gasteiger partial charge in [-0.15, -0.1) is 0 Å². The molecule has 0 aromatic carbocycles. The predicted molar refractivity (Wildman–Crippen MR) is 279 cm³/mol. The van der Waals surface area contributed by atoms with Gasteiger partial charge in [0.2, 0.25) is 0 Å². The molecule has 0 bridgehead atoms. The molecular weight excluding hydrogens is 729 g/mol. The van der Waals surface area contributed by atoms with E-state index in [0.29, 0.717) is 11.7 Å². The number of carbonyl (C=O) groups is 1. The van der Waals surface area contributed by atoms with Crippen LogP contribution in [0.25, 0.3) is 0 Å². The molecule has 0 spiro atoms. The van der Waals surface area contributed by atoms with E-state index in [4.69, 9.17) is 0 Å². The molecule has 3 heteroatoms. The van der Waals surface area contributed by atoms with Gasteiger partial charge < -0.3 is 9.80 Å². The summed E-state index contributed by atoms with van der Waals surface area (Å²) >= 11 is 0. The summed E-state index contributed by atoms with van der Waals surface area (Å²) in [5, 5.41) is 0. The Morgan fingerprint density at radius 3 is 1.50 bits per heavy atom. The Morgan fingerprint density at radius 1 is 0.550 bits per heavy atom. The Balaban J connectivity index is -0.000000454. The van der Waals surface area contributed by atoms with Crippen molar-refractivity contribution in [2.45, 2.75) is 233 Å². The van der Waals surface area contributed by atoms with E-state index in [9.17, 15) is 4.79 Å². The highest BCUT2D eigenvalue weighted by Crippen LogP contribution is 2.20. The first-order valence-electron chi connectivity index (χ1n) is 25.2. The molecular formula is C57H108N2O. The molecule has 352 valence electrons. The van der Waals surface area contributed by atoms with Gasteiger partial charge in [0.1, 0.15) is 5.78 Å². The van der Waals surface area contributed by atoms with Crippen LogP contribution in [0.3, 0.4) is 0 Å². The van der Waals surface area contributed by atoms with Gasteiger partial charge in [-0.25, -0.2) is 0 Å². The van der Waals surface area contributed by atoms with Crippen molar-refractivity contribution in [3.8, 4) is 0 Å². The Bertz CT molecular complexity index is 1140. The van der Waals surface area contributed by atoms with E-state index in [-0.39, 0.29) is 0 Å². The van der Waals surface area contributed by atoms with Crippen molar-refractivity contribution in [3.63, 3.8) is 0 Å². The summed E-state index contributed by atoms with van der Waals surface area (Å²) in [7, 11) is 0. The highest BCUT2D eigenvalue weighted by Gasteiger charge is 2.16.